The summed E-state index contributed by atoms with van der Waals surface area (Å²) in [5.41, 5.74) is 0.0205. The summed E-state index contributed by atoms with van der Waals surface area (Å²) in [6.45, 7) is 0.856. The molecule has 0 radical (unpaired) electrons. The zero-order valence-corrected chi connectivity index (χ0v) is 12.8. The molecule has 3 N–H and O–H groups in total. The number of fused-ring (bicyclic) bond motifs is 1. The van der Waals surface area contributed by atoms with Gasteiger partial charge in [0, 0.05) is 18.9 Å². The Morgan fingerprint density at radius 2 is 2.09 bits per heavy atom. The topological polar surface area (TPSA) is 81.0 Å². The highest BCUT2D eigenvalue weighted by atomic mass is 16.3. The zero-order chi connectivity index (χ0) is 15.9. The van der Waals surface area contributed by atoms with Gasteiger partial charge in [0.2, 0.25) is 0 Å². The SMILES string of the molecule is CN1CCC2CC(=O)CCC2(O)C1Cc1ccc(O)c(O)c1. The lowest BCUT2D eigenvalue weighted by Crippen LogP contribution is -2.63. The minimum absolute atomic E-state index is 0.0284. The summed E-state index contributed by atoms with van der Waals surface area (Å²) in [6, 6.07) is 4.70. The third kappa shape index (κ3) is 2.59. The number of phenolic OH excluding ortho intramolecular Hbond substituents is 2. The van der Waals surface area contributed by atoms with E-state index in [0.29, 0.717) is 25.7 Å². The van der Waals surface area contributed by atoms with Crippen LogP contribution in [0.15, 0.2) is 18.2 Å². The van der Waals surface area contributed by atoms with Crippen LogP contribution in [-0.2, 0) is 11.2 Å². The van der Waals surface area contributed by atoms with E-state index in [-0.39, 0.29) is 29.2 Å². The number of aliphatic hydroxyl groups is 1. The van der Waals surface area contributed by atoms with E-state index in [0.717, 1.165) is 18.5 Å². The maximum atomic E-state index is 11.7. The number of carbonyl (C=O) groups is 1. The Labute approximate surface area is 130 Å². The third-order valence-corrected chi connectivity index (χ3v) is 5.39. The Morgan fingerprint density at radius 3 is 2.82 bits per heavy atom. The van der Waals surface area contributed by atoms with Crippen LogP contribution >= 0.6 is 0 Å². The van der Waals surface area contributed by atoms with Crippen molar-refractivity contribution in [3.05, 3.63) is 23.8 Å². The molecule has 0 bridgehead atoms. The Morgan fingerprint density at radius 1 is 1.32 bits per heavy atom. The van der Waals surface area contributed by atoms with E-state index in [2.05, 4.69) is 4.90 Å². The average Bonchev–Trinajstić information content (AvgIpc) is 2.48. The maximum absolute atomic E-state index is 11.7. The van der Waals surface area contributed by atoms with Gasteiger partial charge in [-0.3, -0.25) is 4.79 Å². The molecule has 3 unspecified atom stereocenters. The van der Waals surface area contributed by atoms with Crippen LogP contribution < -0.4 is 0 Å². The van der Waals surface area contributed by atoms with Crippen LogP contribution in [-0.4, -0.2) is 51.2 Å². The molecule has 0 aromatic heterocycles. The first-order valence-electron chi connectivity index (χ1n) is 7.85. The van der Waals surface area contributed by atoms with Crippen molar-refractivity contribution in [2.75, 3.05) is 13.6 Å². The van der Waals surface area contributed by atoms with Crippen LogP contribution in [0.25, 0.3) is 0 Å². The Hall–Kier alpha value is -1.59. The van der Waals surface area contributed by atoms with Crippen molar-refractivity contribution >= 4 is 5.78 Å². The number of likely N-dealkylation sites (tertiary alicyclic amines) is 1. The summed E-state index contributed by atoms with van der Waals surface area (Å²) in [6.07, 6.45) is 2.86. The molecule has 2 fully saturated rings. The number of hydrogen-bond acceptors (Lipinski definition) is 5. The minimum Gasteiger partial charge on any atom is -0.504 e. The van der Waals surface area contributed by atoms with Crippen molar-refractivity contribution in [1.29, 1.82) is 0 Å². The van der Waals surface area contributed by atoms with E-state index in [1.165, 1.54) is 6.07 Å². The van der Waals surface area contributed by atoms with Gasteiger partial charge in [-0.15, -0.1) is 0 Å². The summed E-state index contributed by atoms with van der Waals surface area (Å²) in [5, 5.41) is 30.3. The van der Waals surface area contributed by atoms with E-state index >= 15 is 0 Å². The van der Waals surface area contributed by atoms with Gasteiger partial charge in [-0.1, -0.05) is 6.07 Å². The highest BCUT2D eigenvalue weighted by molar-refractivity contribution is 5.80. The maximum Gasteiger partial charge on any atom is 0.157 e. The van der Waals surface area contributed by atoms with E-state index in [1.54, 1.807) is 12.1 Å². The normalized spacial score (nSPS) is 32.7. The van der Waals surface area contributed by atoms with E-state index in [4.69, 9.17) is 0 Å². The first-order valence-corrected chi connectivity index (χ1v) is 7.85. The van der Waals surface area contributed by atoms with Crippen molar-refractivity contribution < 1.29 is 20.1 Å². The van der Waals surface area contributed by atoms with E-state index < -0.39 is 5.60 Å². The van der Waals surface area contributed by atoms with Crippen molar-refractivity contribution in [2.24, 2.45) is 5.92 Å². The number of carbonyl (C=O) groups excluding carboxylic acids is 1. The molecule has 1 saturated heterocycles. The summed E-state index contributed by atoms with van der Waals surface area (Å²) in [4.78, 5) is 13.9. The molecular weight excluding hydrogens is 282 g/mol. The lowest BCUT2D eigenvalue weighted by atomic mass is 9.65. The van der Waals surface area contributed by atoms with Gasteiger partial charge < -0.3 is 20.2 Å². The number of phenols is 2. The lowest BCUT2D eigenvalue weighted by Gasteiger charge is -2.52. The quantitative estimate of drug-likeness (QED) is 0.721. The van der Waals surface area contributed by atoms with Crippen molar-refractivity contribution in [3.8, 4) is 11.5 Å². The molecule has 1 aliphatic carbocycles. The van der Waals surface area contributed by atoms with Gasteiger partial charge in [0.1, 0.15) is 5.78 Å². The smallest absolute Gasteiger partial charge is 0.157 e. The zero-order valence-electron chi connectivity index (χ0n) is 12.8. The lowest BCUT2D eigenvalue weighted by molar-refractivity contribution is -0.152. The highest BCUT2D eigenvalue weighted by Gasteiger charge is 2.50. The molecule has 5 nitrogen and oxygen atoms in total. The van der Waals surface area contributed by atoms with Crippen molar-refractivity contribution in [3.63, 3.8) is 0 Å². The summed E-state index contributed by atoms with van der Waals surface area (Å²) in [7, 11) is 2.00. The highest BCUT2D eigenvalue weighted by Crippen LogP contribution is 2.43. The summed E-state index contributed by atoms with van der Waals surface area (Å²) < 4.78 is 0. The molecule has 1 heterocycles. The molecule has 22 heavy (non-hydrogen) atoms. The van der Waals surface area contributed by atoms with Crippen LogP contribution in [0.5, 0.6) is 11.5 Å². The molecule has 5 heteroatoms. The number of piperidine rings is 1. The predicted octanol–water partition coefficient (Wildman–Crippen LogP) is 1.44. The molecule has 3 atom stereocenters. The average molecular weight is 305 g/mol. The molecule has 1 aliphatic heterocycles. The molecule has 3 rings (SSSR count). The van der Waals surface area contributed by atoms with Gasteiger partial charge in [-0.2, -0.15) is 0 Å². The molecule has 2 aliphatic rings. The second kappa shape index (κ2) is 5.56. The number of likely N-dealkylation sites (N-methyl/N-ethyl adjacent to an activating group) is 1. The van der Waals surface area contributed by atoms with Crippen molar-refractivity contribution in [2.45, 2.75) is 43.7 Å². The van der Waals surface area contributed by atoms with Crippen LogP contribution in [0.1, 0.15) is 31.2 Å². The van der Waals surface area contributed by atoms with Gasteiger partial charge >= 0.3 is 0 Å². The number of hydrogen-bond donors (Lipinski definition) is 3. The minimum atomic E-state index is -0.853. The first-order chi connectivity index (χ1) is 10.4. The van der Waals surface area contributed by atoms with Crippen LogP contribution in [0.3, 0.4) is 0 Å². The van der Waals surface area contributed by atoms with E-state index in [1.807, 2.05) is 7.05 Å². The number of rotatable bonds is 2. The third-order valence-electron chi connectivity index (χ3n) is 5.39. The number of ketones is 1. The van der Waals surface area contributed by atoms with Gasteiger partial charge in [-0.05, 0) is 56.5 Å². The van der Waals surface area contributed by atoms with Gasteiger partial charge in [0.15, 0.2) is 11.5 Å². The van der Waals surface area contributed by atoms with Crippen LogP contribution in [0.4, 0.5) is 0 Å². The molecule has 1 aromatic carbocycles. The van der Waals surface area contributed by atoms with Gasteiger partial charge in [0.05, 0.1) is 5.60 Å². The van der Waals surface area contributed by atoms with Crippen molar-refractivity contribution in [1.82, 2.24) is 4.90 Å². The number of nitrogens with zero attached hydrogens (tertiary/aromatic N) is 1. The van der Waals surface area contributed by atoms with Gasteiger partial charge in [0.25, 0.3) is 0 Å². The van der Waals surface area contributed by atoms with Crippen LogP contribution in [0.2, 0.25) is 0 Å². The predicted molar refractivity (Wildman–Crippen MR) is 81.8 cm³/mol. The van der Waals surface area contributed by atoms with Gasteiger partial charge in [-0.25, -0.2) is 0 Å². The van der Waals surface area contributed by atoms with Crippen LogP contribution in [0, 0.1) is 5.92 Å². The first kappa shape index (κ1) is 15.3. The fraction of sp³-hybridized carbons (Fsp3) is 0.588. The number of aromatic hydroxyl groups is 2. The molecule has 120 valence electrons. The Bertz CT molecular complexity index is 588. The number of benzene rings is 1. The number of Topliss-reactive ketones (excluding diaryl/α,β-unsaturated/α-hetero) is 1. The second-order valence-corrected chi connectivity index (χ2v) is 6.74. The molecular formula is C17H23NO4. The molecule has 0 spiro atoms. The fourth-order valence-corrected chi connectivity index (χ4v) is 4.04. The second-order valence-electron chi connectivity index (χ2n) is 6.74. The Balaban J connectivity index is 1.86. The Kier molecular flexibility index (Phi) is 3.87. The molecule has 1 saturated carbocycles. The fourth-order valence-electron chi connectivity index (χ4n) is 4.04. The van der Waals surface area contributed by atoms with E-state index in [9.17, 15) is 20.1 Å². The molecule has 0 amide bonds. The molecule has 1 aromatic rings. The standard InChI is InChI=1S/C17H23NO4/c1-18-7-5-12-10-13(19)4-6-17(12,22)16(18)9-11-2-3-14(20)15(21)8-11/h2-3,8,12,16,20-22H,4-7,9-10H2,1H3. The monoisotopic (exact) mass is 305 g/mol. The largest absolute Gasteiger partial charge is 0.504 e. The summed E-state index contributed by atoms with van der Waals surface area (Å²) in [5.74, 6) is -0.000146. The summed E-state index contributed by atoms with van der Waals surface area (Å²) >= 11 is 0.